The number of aryl methyl sites for hydroxylation is 1. The number of fused-ring (bicyclic) bond motifs is 1. The second-order valence-electron chi connectivity index (χ2n) is 5.51. The van der Waals surface area contributed by atoms with E-state index in [0.717, 1.165) is 12.1 Å². The van der Waals surface area contributed by atoms with Crippen LogP contribution < -0.4 is 16.4 Å². The van der Waals surface area contributed by atoms with Crippen LogP contribution in [0.4, 0.5) is 30.6 Å². The summed E-state index contributed by atoms with van der Waals surface area (Å²) in [5.41, 5.74) is 6.40. The molecule has 4 N–H and O–H groups in total. The van der Waals surface area contributed by atoms with Gasteiger partial charge in [-0.15, -0.1) is 0 Å². The Morgan fingerprint density at radius 1 is 1.15 bits per heavy atom. The number of hydrogen-bond donors (Lipinski definition) is 3. The third-order valence-corrected chi connectivity index (χ3v) is 3.71. The molecule has 2 aromatic heterocycles. The number of nitrogens with zero attached hydrogens (tertiary/aromatic N) is 4. The minimum atomic E-state index is -4.38. The van der Waals surface area contributed by atoms with Crippen molar-refractivity contribution in [1.29, 1.82) is 0 Å². The number of imidazole rings is 1. The van der Waals surface area contributed by atoms with Crippen LogP contribution >= 0.6 is 0 Å². The van der Waals surface area contributed by atoms with Gasteiger partial charge in [-0.2, -0.15) is 23.1 Å². The summed E-state index contributed by atoms with van der Waals surface area (Å²) in [6.07, 6.45) is -2.73. The minimum Gasteiger partial charge on any atom is -0.353 e. The molecule has 3 rings (SSSR count). The molecule has 2 heterocycles. The Bertz CT molecular complexity index is 887. The zero-order chi connectivity index (χ0) is 18.7. The fourth-order valence-electron chi connectivity index (χ4n) is 2.41. The van der Waals surface area contributed by atoms with Crippen molar-refractivity contribution in [3.05, 3.63) is 36.2 Å². The van der Waals surface area contributed by atoms with Gasteiger partial charge in [0.1, 0.15) is 0 Å². The van der Waals surface area contributed by atoms with Crippen molar-refractivity contribution in [2.75, 3.05) is 23.7 Å². The van der Waals surface area contributed by atoms with Crippen LogP contribution in [0.3, 0.4) is 0 Å². The van der Waals surface area contributed by atoms with Gasteiger partial charge in [0.15, 0.2) is 17.0 Å². The molecule has 0 amide bonds. The maximum atomic E-state index is 12.7. The standard InChI is InChI=1S/C16H18F3N7/c1-2-26-9-22-12-13(24-15(21-8-7-20)25-14(12)26)23-11-5-3-10(4-6-11)16(17,18)19/h3-6,9H,2,7-8,20H2,1H3,(H2,21,23,24,25). The Hall–Kier alpha value is -2.88. The van der Waals surface area contributed by atoms with E-state index in [4.69, 9.17) is 5.73 Å². The van der Waals surface area contributed by atoms with Crippen molar-refractivity contribution in [2.45, 2.75) is 19.6 Å². The van der Waals surface area contributed by atoms with Gasteiger partial charge in [-0.25, -0.2) is 4.98 Å². The highest BCUT2D eigenvalue weighted by molar-refractivity contribution is 5.86. The van der Waals surface area contributed by atoms with E-state index < -0.39 is 11.7 Å². The van der Waals surface area contributed by atoms with E-state index in [1.165, 1.54) is 12.1 Å². The van der Waals surface area contributed by atoms with Gasteiger partial charge in [0.25, 0.3) is 0 Å². The molecule has 0 atom stereocenters. The molecule has 138 valence electrons. The number of anilines is 3. The number of nitrogens with one attached hydrogen (secondary N) is 2. The van der Waals surface area contributed by atoms with Crippen LogP contribution in [0.2, 0.25) is 0 Å². The highest BCUT2D eigenvalue weighted by Crippen LogP contribution is 2.31. The maximum Gasteiger partial charge on any atom is 0.416 e. The fraction of sp³-hybridized carbons (Fsp3) is 0.312. The van der Waals surface area contributed by atoms with Crippen molar-refractivity contribution in [1.82, 2.24) is 19.5 Å². The Balaban J connectivity index is 1.96. The maximum absolute atomic E-state index is 12.7. The van der Waals surface area contributed by atoms with Crippen molar-refractivity contribution in [2.24, 2.45) is 5.73 Å². The summed E-state index contributed by atoms with van der Waals surface area (Å²) in [6.45, 7) is 3.53. The third kappa shape index (κ3) is 3.69. The molecule has 1 aromatic carbocycles. The first-order chi connectivity index (χ1) is 12.4. The van der Waals surface area contributed by atoms with E-state index >= 15 is 0 Å². The SMILES string of the molecule is CCn1cnc2c(Nc3ccc(C(F)(F)F)cc3)nc(NCCN)nc21. The molecule has 0 radical (unpaired) electrons. The van der Waals surface area contributed by atoms with Crippen LogP contribution in [0, 0.1) is 0 Å². The smallest absolute Gasteiger partial charge is 0.353 e. The zero-order valence-corrected chi connectivity index (χ0v) is 14.0. The van der Waals surface area contributed by atoms with Crippen LogP contribution in [0.25, 0.3) is 11.2 Å². The van der Waals surface area contributed by atoms with Crippen LogP contribution in [0.15, 0.2) is 30.6 Å². The lowest BCUT2D eigenvalue weighted by atomic mass is 10.2. The van der Waals surface area contributed by atoms with Gasteiger partial charge < -0.3 is 20.9 Å². The van der Waals surface area contributed by atoms with E-state index in [0.29, 0.717) is 48.3 Å². The Morgan fingerprint density at radius 3 is 2.50 bits per heavy atom. The first-order valence-corrected chi connectivity index (χ1v) is 8.03. The molecule has 0 unspecified atom stereocenters. The summed E-state index contributed by atoms with van der Waals surface area (Å²) >= 11 is 0. The zero-order valence-electron chi connectivity index (χ0n) is 14.0. The van der Waals surface area contributed by atoms with Crippen molar-refractivity contribution in [3.63, 3.8) is 0 Å². The largest absolute Gasteiger partial charge is 0.416 e. The van der Waals surface area contributed by atoms with Crippen molar-refractivity contribution >= 4 is 28.6 Å². The second-order valence-corrected chi connectivity index (χ2v) is 5.51. The fourth-order valence-corrected chi connectivity index (χ4v) is 2.41. The molecule has 26 heavy (non-hydrogen) atoms. The van der Waals surface area contributed by atoms with Crippen LogP contribution in [0.5, 0.6) is 0 Å². The lowest BCUT2D eigenvalue weighted by Crippen LogP contribution is -2.15. The molecule has 0 fully saturated rings. The number of hydrogen-bond acceptors (Lipinski definition) is 6. The molecule has 0 spiro atoms. The predicted octanol–water partition coefficient (Wildman–Crippen LogP) is 2.98. The number of alkyl halides is 3. The lowest BCUT2D eigenvalue weighted by Gasteiger charge is -2.11. The number of nitrogens with two attached hydrogens (primary N) is 1. The van der Waals surface area contributed by atoms with E-state index in [1.807, 2.05) is 11.5 Å². The highest BCUT2D eigenvalue weighted by atomic mass is 19.4. The highest BCUT2D eigenvalue weighted by Gasteiger charge is 2.30. The minimum absolute atomic E-state index is 0.368. The summed E-state index contributed by atoms with van der Waals surface area (Å²) in [6, 6.07) is 4.72. The molecule has 7 nitrogen and oxygen atoms in total. The molecule has 0 aliphatic rings. The summed E-state index contributed by atoms with van der Waals surface area (Å²) in [7, 11) is 0. The van der Waals surface area contributed by atoms with Gasteiger partial charge >= 0.3 is 6.18 Å². The summed E-state index contributed by atoms with van der Waals surface area (Å²) in [5.74, 6) is 0.772. The van der Waals surface area contributed by atoms with E-state index in [-0.39, 0.29) is 0 Å². The van der Waals surface area contributed by atoms with Gasteiger partial charge in [0.2, 0.25) is 5.95 Å². The predicted molar refractivity (Wildman–Crippen MR) is 93.3 cm³/mol. The van der Waals surface area contributed by atoms with E-state index in [9.17, 15) is 13.2 Å². The first kappa shape index (κ1) is 17.9. The van der Waals surface area contributed by atoms with E-state index in [1.54, 1.807) is 6.33 Å². The molecule has 10 heteroatoms. The van der Waals surface area contributed by atoms with Gasteiger partial charge in [-0.3, -0.25) is 0 Å². The lowest BCUT2D eigenvalue weighted by molar-refractivity contribution is -0.137. The Morgan fingerprint density at radius 2 is 1.88 bits per heavy atom. The number of benzene rings is 1. The summed E-state index contributed by atoms with van der Waals surface area (Å²) in [5, 5.41) is 6.02. The average molecular weight is 365 g/mol. The Kier molecular flexibility index (Phi) is 4.94. The van der Waals surface area contributed by atoms with Crippen molar-refractivity contribution < 1.29 is 13.2 Å². The topological polar surface area (TPSA) is 93.7 Å². The molecule has 0 aliphatic carbocycles. The van der Waals surface area contributed by atoms with Crippen LogP contribution in [-0.4, -0.2) is 32.6 Å². The molecular weight excluding hydrogens is 347 g/mol. The third-order valence-electron chi connectivity index (χ3n) is 3.71. The first-order valence-electron chi connectivity index (χ1n) is 8.03. The quantitative estimate of drug-likeness (QED) is 0.622. The Labute approximate surface area is 147 Å². The molecule has 0 aliphatic heterocycles. The molecule has 0 saturated heterocycles. The summed E-state index contributed by atoms with van der Waals surface area (Å²) < 4.78 is 39.9. The van der Waals surface area contributed by atoms with Gasteiger partial charge in [-0.05, 0) is 31.2 Å². The number of halogens is 3. The van der Waals surface area contributed by atoms with Crippen LogP contribution in [-0.2, 0) is 12.7 Å². The second kappa shape index (κ2) is 7.16. The van der Waals surface area contributed by atoms with Gasteiger partial charge in [0.05, 0.1) is 11.9 Å². The number of aromatic nitrogens is 4. The normalized spacial score (nSPS) is 11.7. The van der Waals surface area contributed by atoms with Gasteiger partial charge in [0, 0.05) is 25.3 Å². The average Bonchev–Trinajstić information content (AvgIpc) is 3.03. The monoisotopic (exact) mass is 365 g/mol. The molecule has 0 saturated carbocycles. The van der Waals surface area contributed by atoms with Crippen molar-refractivity contribution in [3.8, 4) is 0 Å². The number of rotatable bonds is 6. The summed E-state index contributed by atoms with van der Waals surface area (Å²) in [4.78, 5) is 13.1. The van der Waals surface area contributed by atoms with Crippen LogP contribution in [0.1, 0.15) is 12.5 Å². The molecule has 0 bridgehead atoms. The van der Waals surface area contributed by atoms with E-state index in [2.05, 4.69) is 25.6 Å². The van der Waals surface area contributed by atoms with Gasteiger partial charge in [-0.1, -0.05) is 0 Å². The molecular formula is C16H18F3N7. The molecule has 3 aromatic rings.